The van der Waals surface area contributed by atoms with Crippen LogP contribution in [0.3, 0.4) is 0 Å². The van der Waals surface area contributed by atoms with E-state index in [9.17, 15) is 22.4 Å². The van der Waals surface area contributed by atoms with Crippen molar-refractivity contribution in [1.82, 2.24) is 9.62 Å². The number of hydrogen-bond acceptors (Lipinski definition) is 4. The summed E-state index contributed by atoms with van der Waals surface area (Å²) in [7, 11) is -3.76. The van der Waals surface area contributed by atoms with Crippen LogP contribution >= 0.6 is 0 Å². The molecule has 0 aromatic heterocycles. The lowest BCUT2D eigenvalue weighted by Crippen LogP contribution is -2.45. The van der Waals surface area contributed by atoms with Gasteiger partial charge in [0.2, 0.25) is 21.8 Å². The number of rotatable bonds is 5. The van der Waals surface area contributed by atoms with Crippen molar-refractivity contribution in [1.29, 1.82) is 0 Å². The summed E-state index contributed by atoms with van der Waals surface area (Å²) >= 11 is 0. The Morgan fingerprint density at radius 3 is 2.58 bits per heavy atom. The van der Waals surface area contributed by atoms with Crippen LogP contribution in [0.2, 0.25) is 0 Å². The van der Waals surface area contributed by atoms with Gasteiger partial charge < -0.3 is 10.2 Å². The Morgan fingerprint density at radius 2 is 1.85 bits per heavy atom. The summed E-state index contributed by atoms with van der Waals surface area (Å²) in [6, 6.07) is 10.8. The normalized spacial score (nSPS) is 19.1. The molecule has 7 nitrogen and oxygen atoms in total. The van der Waals surface area contributed by atoms with Crippen molar-refractivity contribution < 1.29 is 22.4 Å². The van der Waals surface area contributed by atoms with Crippen LogP contribution in [0.1, 0.15) is 37.3 Å². The van der Waals surface area contributed by atoms with E-state index in [1.54, 1.807) is 35.2 Å². The molecule has 2 aliphatic rings. The zero-order valence-electron chi connectivity index (χ0n) is 18.6. The Kier molecular flexibility index (Phi) is 6.81. The van der Waals surface area contributed by atoms with Gasteiger partial charge in [0.15, 0.2) is 0 Å². The Labute approximate surface area is 193 Å². The van der Waals surface area contributed by atoms with Gasteiger partial charge in [-0.25, -0.2) is 12.8 Å². The van der Waals surface area contributed by atoms with E-state index < -0.39 is 15.9 Å². The first-order valence-corrected chi connectivity index (χ1v) is 12.6. The predicted octanol–water partition coefficient (Wildman–Crippen LogP) is 2.84. The summed E-state index contributed by atoms with van der Waals surface area (Å²) in [5.74, 6) is -1.05. The first kappa shape index (κ1) is 23.4. The van der Waals surface area contributed by atoms with Gasteiger partial charge in [-0.05, 0) is 67.1 Å². The Bertz CT molecular complexity index is 1150. The van der Waals surface area contributed by atoms with Gasteiger partial charge in [-0.2, -0.15) is 4.31 Å². The monoisotopic (exact) mass is 473 g/mol. The van der Waals surface area contributed by atoms with Crippen LogP contribution in [0.15, 0.2) is 47.4 Å². The number of halogens is 1. The molecule has 1 N–H and O–H groups in total. The number of nitrogens with zero attached hydrogens (tertiary/aromatic N) is 2. The second-order valence-electron chi connectivity index (χ2n) is 8.61. The molecule has 0 saturated carbocycles. The van der Waals surface area contributed by atoms with Crippen LogP contribution in [0.25, 0.3) is 0 Å². The third-order valence-corrected chi connectivity index (χ3v) is 8.18. The van der Waals surface area contributed by atoms with Gasteiger partial charge in [0.1, 0.15) is 5.82 Å². The molecular formula is C24H28FN3O4S. The maximum Gasteiger partial charge on any atom is 0.243 e. The first-order valence-electron chi connectivity index (χ1n) is 11.2. The van der Waals surface area contributed by atoms with E-state index in [2.05, 4.69) is 5.32 Å². The highest BCUT2D eigenvalue weighted by Crippen LogP contribution is 2.31. The lowest BCUT2D eigenvalue weighted by Gasteiger charge is -2.32. The number of nitrogens with one attached hydrogen (secondary N) is 1. The number of carbonyl (C=O) groups excluding carboxylic acids is 2. The summed E-state index contributed by atoms with van der Waals surface area (Å²) in [5, 5.41) is 2.84. The van der Waals surface area contributed by atoms with Gasteiger partial charge in [-0.3, -0.25) is 9.59 Å². The van der Waals surface area contributed by atoms with E-state index >= 15 is 0 Å². The van der Waals surface area contributed by atoms with Gasteiger partial charge in [0.25, 0.3) is 0 Å². The third-order valence-electron chi connectivity index (χ3n) is 6.32. The van der Waals surface area contributed by atoms with Gasteiger partial charge in [-0.1, -0.05) is 12.1 Å². The molecule has 176 valence electrons. The summed E-state index contributed by atoms with van der Waals surface area (Å²) in [6.07, 6.45) is 2.71. The van der Waals surface area contributed by atoms with Crippen molar-refractivity contribution in [3.63, 3.8) is 0 Å². The maximum absolute atomic E-state index is 13.3. The number of aryl methyl sites for hydroxylation is 1. The average Bonchev–Trinajstić information content (AvgIpc) is 2.82. The summed E-state index contributed by atoms with van der Waals surface area (Å²) in [4.78, 5) is 26.5. The molecule has 1 saturated heterocycles. The van der Waals surface area contributed by atoms with Crippen LogP contribution < -0.4 is 10.2 Å². The molecule has 0 aliphatic carbocycles. The Balaban J connectivity index is 1.45. The lowest BCUT2D eigenvalue weighted by molar-refractivity contribution is -0.126. The van der Waals surface area contributed by atoms with Crippen LogP contribution in [0, 0.1) is 11.7 Å². The van der Waals surface area contributed by atoms with Crippen molar-refractivity contribution >= 4 is 27.5 Å². The second kappa shape index (κ2) is 9.61. The molecule has 2 amide bonds. The highest BCUT2D eigenvalue weighted by molar-refractivity contribution is 7.89. The molecule has 2 aromatic carbocycles. The molecule has 1 fully saturated rings. The maximum atomic E-state index is 13.3. The van der Waals surface area contributed by atoms with Crippen LogP contribution in [0.4, 0.5) is 10.1 Å². The molecule has 9 heteroatoms. The Morgan fingerprint density at radius 1 is 1.09 bits per heavy atom. The van der Waals surface area contributed by atoms with Crippen molar-refractivity contribution in [2.45, 2.75) is 44.0 Å². The van der Waals surface area contributed by atoms with Gasteiger partial charge in [0.05, 0.1) is 10.8 Å². The molecule has 0 radical (unpaired) electrons. The molecule has 1 atom stereocenters. The second-order valence-corrected chi connectivity index (χ2v) is 10.5. The van der Waals surface area contributed by atoms with Crippen molar-refractivity contribution in [2.75, 3.05) is 24.5 Å². The highest BCUT2D eigenvalue weighted by Gasteiger charge is 2.34. The van der Waals surface area contributed by atoms with Crippen LogP contribution in [0.5, 0.6) is 0 Å². The van der Waals surface area contributed by atoms with Gasteiger partial charge in [-0.15, -0.1) is 0 Å². The summed E-state index contributed by atoms with van der Waals surface area (Å²) in [5.41, 5.74) is 2.39. The lowest BCUT2D eigenvalue weighted by atomic mass is 9.99. The van der Waals surface area contributed by atoms with E-state index in [1.807, 2.05) is 0 Å². The molecule has 4 rings (SSSR count). The predicted molar refractivity (Wildman–Crippen MR) is 123 cm³/mol. The van der Waals surface area contributed by atoms with E-state index in [4.69, 9.17) is 0 Å². The van der Waals surface area contributed by atoms with E-state index in [1.165, 1.54) is 23.4 Å². The standard InChI is InChI=1S/C24H28FN3O4S/c1-17(29)28-13-3-4-19-14-22(10-11-23(19)28)33(31,32)27-12-2-5-20(16-27)24(30)26-15-18-6-8-21(25)9-7-18/h6-11,14,20H,2-5,12-13,15-16H2,1H3,(H,26,30). The fourth-order valence-electron chi connectivity index (χ4n) is 4.52. The Hall–Kier alpha value is -2.78. The topological polar surface area (TPSA) is 86.8 Å². The minimum absolute atomic E-state index is 0.0583. The average molecular weight is 474 g/mol. The van der Waals surface area contributed by atoms with E-state index in [0.29, 0.717) is 25.9 Å². The quantitative estimate of drug-likeness (QED) is 0.724. The molecular weight excluding hydrogens is 445 g/mol. The van der Waals surface area contributed by atoms with Crippen LogP contribution in [-0.2, 0) is 32.6 Å². The molecule has 0 spiro atoms. The molecule has 2 aromatic rings. The number of amides is 2. The number of fused-ring (bicyclic) bond motifs is 1. The number of piperidine rings is 1. The number of hydrogen-bond donors (Lipinski definition) is 1. The van der Waals surface area contributed by atoms with E-state index in [0.717, 1.165) is 29.7 Å². The number of carbonyl (C=O) groups is 2. The van der Waals surface area contributed by atoms with Gasteiger partial charge in [0, 0.05) is 38.8 Å². The fourth-order valence-corrected chi connectivity index (χ4v) is 6.10. The molecule has 0 bridgehead atoms. The highest BCUT2D eigenvalue weighted by atomic mass is 32.2. The van der Waals surface area contributed by atoms with Crippen LogP contribution in [-0.4, -0.2) is 44.2 Å². The van der Waals surface area contributed by atoms with E-state index in [-0.39, 0.29) is 35.6 Å². The summed E-state index contributed by atoms with van der Waals surface area (Å²) < 4.78 is 41.1. The van der Waals surface area contributed by atoms with Crippen molar-refractivity contribution in [3.8, 4) is 0 Å². The molecule has 2 heterocycles. The number of anilines is 1. The zero-order valence-corrected chi connectivity index (χ0v) is 19.4. The molecule has 2 aliphatic heterocycles. The number of benzene rings is 2. The zero-order chi connectivity index (χ0) is 23.6. The van der Waals surface area contributed by atoms with Crippen molar-refractivity contribution in [2.24, 2.45) is 5.92 Å². The first-order chi connectivity index (χ1) is 15.8. The summed E-state index contributed by atoms with van der Waals surface area (Å²) in [6.45, 7) is 2.89. The minimum atomic E-state index is -3.76. The smallest absolute Gasteiger partial charge is 0.243 e. The molecule has 1 unspecified atom stereocenters. The minimum Gasteiger partial charge on any atom is -0.352 e. The van der Waals surface area contributed by atoms with Crippen molar-refractivity contribution in [3.05, 3.63) is 59.4 Å². The van der Waals surface area contributed by atoms with Gasteiger partial charge >= 0.3 is 0 Å². The largest absolute Gasteiger partial charge is 0.352 e. The third kappa shape index (κ3) is 5.09. The fraction of sp³-hybridized carbons (Fsp3) is 0.417. The SMILES string of the molecule is CC(=O)N1CCCc2cc(S(=O)(=O)N3CCCC(C(=O)NCc4ccc(F)cc4)C3)ccc21. The molecule has 33 heavy (non-hydrogen) atoms. The number of sulfonamides is 1.